The van der Waals surface area contributed by atoms with Gasteiger partial charge in [-0.15, -0.1) is 10.2 Å². The number of anilines is 1. The Bertz CT molecular complexity index is 1700. The highest BCUT2D eigenvalue weighted by molar-refractivity contribution is 8.01. The minimum absolute atomic E-state index is 0.412. The summed E-state index contributed by atoms with van der Waals surface area (Å²) in [5.74, 6) is 1.09. The van der Waals surface area contributed by atoms with Gasteiger partial charge in [-0.25, -0.2) is 4.79 Å². The number of nitrogens with one attached hydrogen (secondary N) is 1. The third-order valence-corrected chi connectivity index (χ3v) is 8.75. The zero-order valence-corrected chi connectivity index (χ0v) is 23.9. The number of ether oxygens (including phenoxy) is 2. The number of hydrogen-bond acceptors (Lipinski definition) is 11. The molecule has 1 aliphatic heterocycles. The topological polar surface area (TPSA) is 117 Å². The summed E-state index contributed by atoms with van der Waals surface area (Å²) in [6.07, 6.45) is 0. The summed E-state index contributed by atoms with van der Waals surface area (Å²) in [5, 5.41) is 24.9. The molecule has 2 aromatic heterocycles. The lowest BCUT2D eigenvalue weighted by atomic mass is 9.95. The number of thioether (sulfide) groups is 1. The molecule has 41 heavy (non-hydrogen) atoms. The number of benzene rings is 3. The van der Waals surface area contributed by atoms with Crippen LogP contribution in [0.1, 0.15) is 22.7 Å². The van der Waals surface area contributed by atoms with Crippen LogP contribution in [0.25, 0.3) is 10.6 Å². The maximum Gasteiger partial charge on any atom is 0.338 e. The molecule has 5 aromatic rings. The molecule has 3 heterocycles. The lowest BCUT2D eigenvalue weighted by Crippen LogP contribution is -2.30. The van der Waals surface area contributed by atoms with Gasteiger partial charge in [0, 0.05) is 17.0 Å². The van der Waals surface area contributed by atoms with Gasteiger partial charge in [-0.3, -0.25) is 0 Å². The summed E-state index contributed by atoms with van der Waals surface area (Å²) >= 11 is 2.97. The maximum absolute atomic E-state index is 13.2. The van der Waals surface area contributed by atoms with Crippen molar-refractivity contribution in [3.63, 3.8) is 0 Å². The van der Waals surface area contributed by atoms with E-state index in [9.17, 15) is 4.79 Å². The number of nitrogens with zero attached hydrogens (tertiary/aromatic N) is 6. The average molecular weight is 584 g/mol. The molecule has 0 spiro atoms. The first-order valence-electron chi connectivity index (χ1n) is 12.8. The van der Waals surface area contributed by atoms with Crippen molar-refractivity contribution in [2.24, 2.45) is 0 Å². The van der Waals surface area contributed by atoms with Crippen LogP contribution in [0.2, 0.25) is 0 Å². The van der Waals surface area contributed by atoms with E-state index in [0.29, 0.717) is 35.3 Å². The first kappa shape index (κ1) is 26.7. The summed E-state index contributed by atoms with van der Waals surface area (Å²) in [6.45, 7) is 2.52. The van der Waals surface area contributed by atoms with E-state index in [4.69, 9.17) is 9.47 Å². The number of aromatic nitrogens is 6. The highest BCUT2D eigenvalue weighted by Crippen LogP contribution is 2.38. The largest absolute Gasteiger partial charge is 0.489 e. The number of rotatable bonds is 9. The Hall–Kier alpha value is -4.55. The molecule has 1 unspecified atom stereocenters. The van der Waals surface area contributed by atoms with E-state index in [1.165, 1.54) is 35.8 Å². The molecule has 206 valence electrons. The van der Waals surface area contributed by atoms with Crippen LogP contribution in [-0.2, 0) is 16.1 Å². The van der Waals surface area contributed by atoms with Gasteiger partial charge in [-0.2, -0.15) is 4.68 Å². The Morgan fingerprint density at radius 1 is 1.00 bits per heavy atom. The van der Waals surface area contributed by atoms with Crippen molar-refractivity contribution >= 4 is 35.0 Å². The molecule has 1 aliphatic rings. The van der Waals surface area contributed by atoms with Crippen LogP contribution >= 0.6 is 23.1 Å². The van der Waals surface area contributed by atoms with Crippen molar-refractivity contribution in [1.29, 1.82) is 0 Å². The molecule has 0 saturated carbocycles. The number of esters is 1. The monoisotopic (exact) mass is 583 g/mol. The fourth-order valence-electron chi connectivity index (χ4n) is 4.48. The lowest BCUT2D eigenvalue weighted by Gasteiger charge is -2.28. The molecular weight excluding hydrogens is 558 g/mol. The van der Waals surface area contributed by atoms with Crippen molar-refractivity contribution in [1.82, 2.24) is 30.4 Å². The van der Waals surface area contributed by atoms with Crippen LogP contribution in [0.3, 0.4) is 0 Å². The fourth-order valence-corrected chi connectivity index (χ4v) is 6.31. The van der Waals surface area contributed by atoms with E-state index in [0.717, 1.165) is 26.0 Å². The molecule has 0 amide bonds. The van der Waals surface area contributed by atoms with E-state index >= 15 is 0 Å². The van der Waals surface area contributed by atoms with Gasteiger partial charge in [0.1, 0.15) is 23.4 Å². The smallest absolute Gasteiger partial charge is 0.338 e. The third kappa shape index (κ3) is 5.70. The summed E-state index contributed by atoms with van der Waals surface area (Å²) in [6, 6.07) is 25.0. The Morgan fingerprint density at radius 3 is 2.56 bits per heavy atom. The molecule has 0 radical (unpaired) electrons. The number of methoxy groups -OCH3 is 1. The molecular formula is C29H25N7O3S2. The Kier molecular flexibility index (Phi) is 7.74. The predicted octanol–water partition coefficient (Wildman–Crippen LogP) is 5.31. The second-order valence-electron chi connectivity index (χ2n) is 9.17. The summed E-state index contributed by atoms with van der Waals surface area (Å²) in [4.78, 5) is 13.2. The van der Waals surface area contributed by atoms with Crippen molar-refractivity contribution in [3.05, 3.63) is 107 Å². The van der Waals surface area contributed by atoms with Crippen molar-refractivity contribution in [3.8, 4) is 16.3 Å². The van der Waals surface area contributed by atoms with Crippen LogP contribution in [0, 0.1) is 6.92 Å². The van der Waals surface area contributed by atoms with E-state index < -0.39 is 12.0 Å². The molecule has 6 rings (SSSR count). The van der Waals surface area contributed by atoms with Crippen molar-refractivity contribution in [2.45, 2.75) is 23.9 Å². The number of hydrogen-bond donors (Lipinski definition) is 1. The molecule has 0 bridgehead atoms. The molecule has 1 N–H and O–H groups in total. The summed E-state index contributed by atoms with van der Waals surface area (Å²) in [7, 11) is 1.37. The van der Waals surface area contributed by atoms with Crippen molar-refractivity contribution in [2.75, 3.05) is 18.2 Å². The second kappa shape index (κ2) is 11.9. The third-order valence-electron chi connectivity index (χ3n) is 6.62. The molecule has 0 saturated heterocycles. The maximum atomic E-state index is 13.2. The first-order chi connectivity index (χ1) is 20.1. The van der Waals surface area contributed by atoms with E-state index in [1.54, 1.807) is 4.68 Å². The summed E-state index contributed by atoms with van der Waals surface area (Å²) < 4.78 is 13.6. The highest BCUT2D eigenvalue weighted by atomic mass is 32.2. The molecule has 12 heteroatoms. The van der Waals surface area contributed by atoms with Gasteiger partial charge >= 0.3 is 5.97 Å². The zero-order chi connectivity index (χ0) is 28.2. The predicted molar refractivity (Wildman–Crippen MR) is 157 cm³/mol. The molecule has 0 fully saturated rings. The van der Waals surface area contributed by atoms with Crippen LogP contribution in [-0.4, -0.2) is 49.2 Å². The van der Waals surface area contributed by atoms with Gasteiger partial charge in [0.25, 0.3) is 0 Å². The van der Waals surface area contributed by atoms with Crippen LogP contribution in [0.15, 0.2) is 94.5 Å². The Balaban J connectivity index is 1.26. The molecule has 10 nitrogen and oxygen atoms in total. The van der Waals surface area contributed by atoms with E-state index in [-0.39, 0.29) is 0 Å². The minimum atomic E-state index is -0.594. The van der Waals surface area contributed by atoms with Gasteiger partial charge in [0.05, 0.1) is 12.7 Å². The Labute approximate surface area is 244 Å². The van der Waals surface area contributed by atoms with Crippen LogP contribution in [0.4, 0.5) is 5.95 Å². The van der Waals surface area contributed by atoms with Gasteiger partial charge in [0.2, 0.25) is 5.95 Å². The van der Waals surface area contributed by atoms with Crippen molar-refractivity contribution < 1.29 is 14.3 Å². The molecule has 3 aromatic carbocycles. The zero-order valence-electron chi connectivity index (χ0n) is 22.2. The molecule has 0 aliphatic carbocycles. The number of tetrazole rings is 1. The van der Waals surface area contributed by atoms with Crippen LogP contribution < -0.4 is 10.1 Å². The fraction of sp³-hybridized carbons (Fsp3) is 0.172. The van der Waals surface area contributed by atoms with E-state index in [1.807, 2.05) is 66.7 Å². The minimum Gasteiger partial charge on any atom is -0.489 e. The number of carbonyl (C=O) groups is 1. The SMILES string of the molecule is COC(=O)C1=C(CSc2nnc(-c3ccccc3)s2)Nc2nnnn2C1c1ccc(OCc2ccccc2C)cc1. The second-order valence-corrected chi connectivity index (χ2v) is 11.4. The molecule has 1 atom stereocenters. The number of fused-ring (bicyclic) bond motifs is 1. The van der Waals surface area contributed by atoms with E-state index in [2.05, 4.69) is 50.1 Å². The normalized spacial score (nSPS) is 14.3. The number of carbonyl (C=O) groups excluding carboxylic acids is 1. The average Bonchev–Trinajstić information content (AvgIpc) is 3.69. The van der Waals surface area contributed by atoms with Gasteiger partial charge < -0.3 is 14.8 Å². The number of aryl methyl sites for hydroxylation is 1. The first-order valence-corrected chi connectivity index (χ1v) is 14.6. The lowest BCUT2D eigenvalue weighted by molar-refractivity contribution is -0.136. The Morgan fingerprint density at radius 2 is 1.78 bits per heavy atom. The van der Waals surface area contributed by atoms with Gasteiger partial charge in [-0.05, 0) is 46.2 Å². The van der Waals surface area contributed by atoms with Gasteiger partial charge in [-0.1, -0.05) is 94.9 Å². The summed E-state index contributed by atoms with van der Waals surface area (Å²) in [5.41, 5.74) is 5.18. The highest BCUT2D eigenvalue weighted by Gasteiger charge is 2.36. The van der Waals surface area contributed by atoms with Gasteiger partial charge in [0.15, 0.2) is 4.34 Å². The quantitative estimate of drug-likeness (QED) is 0.181. The standard InChI is InChI=1S/C29H25N7O3S2/c1-18-8-6-7-11-21(18)16-39-22-14-12-19(13-15-22)25-24(27(37)38-2)23(30-28-32-34-35-36(25)28)17-40-29-33-31-26(41-29)20-9-4-3-5-10-20/h3-15,25H,16-17H2,1-2H3,(H,30,32,35). The van der Waals surface area contributed by atoms with Crippen LogP contribution in [0.5, 0.6) is 5.75 Å².